The van der Waals surface area contributed by atoms with Gasteiger partial charge in [-0.2, -0.15) is 0 Å². The maximum Gasteiger partial charge on any atom is -0.00178 e. The fourth-order valence-corrected chi connectivity index (χ4v) is 3.65. The summed E-state index contributed by atoms with van der Waals surface area (Å²) in [5.74, 6) is 3.96. The molecule has 0 spiro atoms. The van der Waals surface area contributed by atoms with Crippen LogP contribution in [0.2, 0.25) is 0 Å². The van der Waals surface area contributed by atoms with Crippen LogP contribution in [-0.2, 0) is 0 Å². The van der Waals surface area contributed by atoms with Crippen molar-refractivity contribution < 1.29 is 0 Å². The summed E-state index contributed by atoms with van der Waals surface area (Å²) in [7, 11) is 0. The maximum atomic E-state index is 3.57. The fourth-order valence-electron chi connectivity index (χ4n) is 3.65. The predicted molar refractivity (Wildman–Crippen MR) is 61.3 cm³/mol. The molecule has 3 unspecified atom stereocenters. The zero-order valence-electron chi connectivity index (χ0n) is 9.76. The molecule has 1 aliphatic carbocycles. The summed E-state index contributed by atoms with van der Waals surface area (Å²) in [6, 6.07) is 0. The number of rotatable bonds is 1. The van der Waals surface area contributed by atoms with Gasteiger partial charge in [-0.25, -0.2) is 0 Å². The molecule has 0 amide bonds. The van der Waals surface area contributed by atoms with Gasteiger partial charge in [0.15, 0.2) is 0 Å². The molecular formula is C13H25N. The van der Waals surface area contributed by atoms with Crippen LogP contribution < -0.4 is 5.32 Å². The lowest BCUT2D eigenvalue weighted by atomic mass is 9.72. The summed E-state index contributed by atoms with van der Waals surface area (Å²) in [4.78, 5) is 0. The monoisotopic (exact) mass is 195 g/mol. The molecular weight excluding hydrogens is 170 g/mol. The smallest absolute Gasteiger partial charge is 0.00178 e. The van der Waals surface area contributed by atoms with E-state index in [-0.39, 0.29) is 0 Å². The molecule has 1 nitrogen and oxygen atoms in total. The summed E-state index contributed by atoms with van der Waals surface area (Å²) in [6.07, 6.45) is 7.38. The molecule has 3 atom stereocenters. The maximum absolute atomic E-state index is 3.57. The number of hydrogen-bond donors (Lipinski definition) is 1. The minimum absolute atomic E-state index is 0.902. The van der Waals surface area contributed by atoms with Gasteiger partial charge in [0.1, 0.15) is 0 Å². The lowest BCUT2D eigenvalue weighted by Gasteiger charge is -2.37. The van der Waals surface area contributed by atoms with Crippen LogP contribution in [0.3, 0.4) is 0 Å². The van der Waals surface area contributed by atoms with Gasteiger partial charge in [0.2, 0.25) is 0 Å². The average Bonchev–Trinajstić information content (AvgIpc) is 2.39. The molecule has 1 heterocycles. The van der Waals surface area contributed by atoms with E-state index in [1.807, 2.05) is 0 Å². The van der Waals surface area contributed by atoms with Crippen molar-refractivity contribution in [1.29, 1.82) is 0 Å². The molecule has 1 N–H and O–H groups in total. The van der Waals surface area contributed by atoms with E-state index in [1.54, 1.807) is 0 Å². The first-order valence-corrected chi connectivity index (χ1v) is 6.49. The second-order valence-electron chi connectivity index (χ2n) is 5.61. The summed E-state index contributed by atoms with van der Waals surface area (Å²) >= 11 is 0. The van der Waals surface area contributed by atoms with Crippen molar-refractivity contribution in [2.45, 2.75) is 46.0 Å². The van der Waals surface area contributed by atoms with Gasteiger partial charge in [-0.15, -0.1) is 0 Å². The standard InChI is InChI=1S/C13H25N/c1-10(2)12-6-4-3-5-11-9-14-8-7-13(11)12/h10-14H,3-9H2,1-2H3. The zero-order chi connectivity index (χ0) is 9.97. The van der Waals surface area contributed by atoms with E-state index in [4.69, 9.17) is 0 Å². The third-order valence-corrected chi connectivity index (χ3v) is 4.44. The molecule has 2 rings (SSSR count). The van der Waals surface area contributed by atoms with E-state index in [9.17, 15) is 0 Å². The highest BCUT2D eigenvalue weighted by Crippen LogP contribution is 2.40. The highest BCUT2D eigenvalue weighted by Gasteiger charge is 2.34. The Hall–Kier alpha value is -0.0400. The molecule has 1 heteroatoms. The van der Waals surface area contributed by atoms with Crippen LogP contribution in [0.4, 0.5) is 0 Å². The lowest BCUT2D eigenvalue weighted by molar-refractivity contribution is 0.140. The van der Waals surface area contributed by atoms with Gasteiger partial charge >= 0.3 is 0 Å². The molecule has 0 bridgehead atoms. The second-order valence-corrected chi connectivity index (χ2v) is 5.61. The van der Waals surface area contributed by atoms with Gasteiger partial charge in [-0.3, -0.25) is 0 Å². The molecule has 14 heavy (non-hydrogen) atoms. The first-order valence-electron chi connectivity index (χ1n) is 6.49. The fraction of sp³-hybridized carbons (Fsp3) is 1.00. The Morgan fingerprint density at radius 3 is 2.64 bits per heavy atom. The molecule has 2 fully saturated rings. The largest absolute Gasteiger partial charge is 0.316 e. The van der Waals surface area contributed by atoms with Crippen molar-refractivity contribution in [3.8, 4) is 0 Å². The Balaban J connectivity index is 2.06. The summed E-state index contributed by atoms with van der Waals surface area (Å²) in [5.41, 5.74) is 0. The van der Waals surface area contributed by atoms with Crippen LogP contribution in [0.5, 0.6) is 0 Å². The van der Waals surface area contributed by atoms with Gasteiger partial charge in [-0.05, 0) is 56.0 Å². The number of fused-ring (bicyclic) bond motifs is 1. The van der Waals surface area contributed by atoms with E-state index in [0.29, 0.717) is 0 Å². The van der Waals surface area contributed by atoms with Crippen LogP contribution in [0.15, 0.2) is 0 Å². The summed E-state index contributed by atoms with van der Waals surface area (Å²) in [5, 5.41) is 3.57. The summed E-state index contributed by atoms with van der Waals surface area (Å²) in [6.45, 7) is 7.42. The van der Waals surface area contributed by atoms with Gasteiger partial charge < -0.3 is 5.32 Å². The topological polar surface area (TPSA) is 12.0 Å². The minimum Gasteiger partial charge on any atom is -0.316 e. The number of hydrogen-bond acceptors (Lipinski definition) is 1. The van der Waals surface area contributed by atoms with Crippen LogP contribution in [0.1, 0.15) is 46.0 Å². The molecule has 82 valence electrons. The molecule has 1 saturated heterocycles. The van der Waals surface area contributed by atoms with Crippen LogP contribution in [0, 0.1) is 23.7 Å². The van der Waals surface area contributed by atoms with Crippen LogP contribution in [0.25, 0.3) is 0 Å². The van der Waals surface area contributed by atoms with E-state index >= 15 is 0 Å². The molecule has 1 saturated carbocycles. The van der Waals surface area contributed by atoms with Crippen molar-refractivity contribution in [2.24, 2.45) is 23.7 Å². The molecule has 2 aliphatic rings. The number of piperidine rings is 1. The van der Waals surface area contributed by atoms with Crippen molar-refractivity contribution in [3.05, 3.63) is 0 Å². The molecule has 0 aromatic rings. The average molecular weight is 195 g/mol. The Morgan fingerprint density at radius 2 is 1.86 bits per heavy atom. The number of nitrogens with one attached hydrogen (secondary N) is 1. The molecule has 1 aliphatic heterocycles. The molecule has 0 aromatic heterocycles. The molecule has 0 aromatic carbocycles. The van der Waals surface area contributed by atoms with Crippen molar-refractivity contribution >= 4 is 0 Å². The third-order valence-electron chi connectivity index (χ3n) is 4.44. The highest BCUT2D eigenvalue weighted by atomic mass is 14.9. The summed E-state index contributed by atoms with van der Waals surface area (Å²) < 4.78 is 0. The SMILES string of the molecule is CC(C)C1CCCCC2CNCCC21. The Kier molecular flexibility index (Phi) is 3.48. The van der Waals surface area contributed by atoms with Gasteiger partial charge in [-0.1, -0.05) is 26.7 Å². The quantitative estimate of drug-likeness (QED) is 0.678. The third kappa shape index (κ3) is 2.13. The van der Waals surface area contributed by atoms with Gasteiger partial charge in [0.05, 0.1) is 0 Å². The van der Waals surface area contributed by atoms with Gasteiger partial charge in [0.25, 0.3) is 0 Å². The Labute approximate surface area is 88.7 Å². The van der Waals surface area contributed by atoms with E-state index in [2.05, 4.69) is 19.2 Å². The van der Waals surface area contributed by atoms with E-state index < -0.39 is 0 Å². The first-order chi connectivity index (χ1) is 6.79. The van der Waals surface area contributed by atoms with E-state index in [1.165, 1.54) is 45.2 Å². The molecule has 0 radical (unpaired) electrons. The van der Waals surface area contributed by atoms with Crippen LogP contribution >= 0.6 is 0 Å². The zero-order valence-corrected chi connectivity index (χ0v) is 9.76. The van der Waals surface area contributed by atoms with Gasteiger partial charge in [0, 0.05) is 0 Å². The Bertz CT molecular complexity index is 176. The first kappa shape index (κ1) is 10.5. The lowest BCUT2D eigenvalue weighted by Crippen LogP contribution is -2.40. The van der Waals surface area contributed by atoms with Crippen LogP contribution in [-0.4, -0.2) is 13.1 Å². The van der Waals surface area contributed by atoms with E-state index in [0.717, 1.165) is 23.7 Å². The van der Waals surface area contributed by atoms with Crippen molar-refractivity contribution in [2.75, 3.05) is 13.1 Å². The highest BCUT2D eigenvalue weighted by molar-refractivity contribution is 4.86. The predicted octanol–water partition coefficient (Wildman–Crippen LogP) is 3.06. The second kappa shape index (κ2) is 4.65. The normalized spacial score (nSPS) is 39.2. The minimum atomic E-state index is 0.902. The van der Waals surface area contributed by atoms with Crippen molar-refractivity contribution in [3.63, 3.8) is 0 Å². The Morgan fingerprint density at radius 1 is 1.07 bits per heavy atom. The van der Waals surface area contributed by atoms with Crippen molar-refractivity contribution in [1.82, 2.24) is 5.32 Å².